The molecule has 1 rings (SSSR count). The number of amides is 1. The molecule has 5 heteroatoms. The van der Waals surface area contributed by atoms with Gasteiger partial charge in [-0.1, -0.05) is 13.3 Å². The minimum Gasteiger partial charge on any atom is -0.330 e. The number of hydrogen-bond donors (Lipinski definition) is 2. The van der Waals surface area contributed by atoms with Gasteiger partial charge in [0.25, 0.3) is 0 Å². The second-order valence-electron chi connectivity index (χ2n) is 3.63. The highest BCUT2D eigenvalue weighted by Gasteiger charge is 2.10. The maximum absolute atomic E-state index is 12.5. The summed E-state index contributed by atoms with van der Waals surface area (Å²) in [5.41, 5.74) is 6.00. The summed E-state index contributed by atoms with van der Waals surface area (Å²) in [6.45, 7) is 2.48. The number of nitrogens with zero attached hydrogens (tertiary/aromatic N) is 1. The molecule has 0 bridgehead atoms. The summed E-state index contributed by atoms with van der Waals surface area (Å²) in [5, 5.41) is 2.64. The SMILES string of the molecule is CCC(CN)CC(=O)Nc1ccc(F)nc1. The van der Waals surface area contributed by atoms with E-state index in [0.29, 0.717) is 18.7 Å². The minimum absolute atomic E-state index is 0.120. The van der Waals surface area contributed by atoms with Gasteiger partial charge in [-0.2, -0.15) is 4.39 Å². The van der Waals surface area contributed by atoms with Crippen LogP contribution in [0, 0.1) is 11.9 Å². The Labute approximate surface area is 94.1 Å². The number of carbonyl (C=O) groups excluding carboxylic acids is 1. The lowest BCUT2D eigenvalue weighted by Gasteiger charge is -2.11. The average Bonchev–Trinajstić information content (AvgIpc) is 2.29. The van der Waals surface area contributed by atoms with E-state index in [1.54, 1.807) is 0 Å². The molecule has 1 amide bonds. The number of rotatable bonds is 5. The number of nitrogens with two attached hydrogens (primary N) is 1. The molecule has 0 aliphatic carbocycles. The van der Waals surface area contributed by atoms with Crippen molar-refractivity contribution in [1.29, 1.82) is 0 Å². The Morgan fingerprint density at radius 1 is 1.62 bits per heavy atom. The zero-order valence-electron chi connectivity index (χ0n) is 9.24. The third kappa shape index (κ3) is 3.94. The highest BCUT2D eigenvalue weighted by molar-refractivity contribution is 5.90. The first-order valence-corrected chi connectivity index (χ1v) is 5.27. The van der Waals surface area contributed by atoms with Gasteiger partial charge in [0.15, 0.2) is 0 Å². The van der Waals surface area contributed by atoms with Crippen LogP contribution in [0.4, 0.5) is 10.1 Å². The van der Waals surface area contributed by atoms with E-state index in [1.165, 1.54) is 18.3 Å². The largest absolute Gasteiger partial charge is 0.330 e. The second kappa shape index (κ2) is 6.17. The monoisotopic (exact) mass is 225 g/mol. The van der Waals surface area contributed by atoms with E-state index in [4.69, 9.17) is 5.73 Å². The summed E-state index contributed by atoms with van der Waals surface area (Å²) >= 11 is 0. The summed E-state index contributed by atoms with van der Waals surface area (Å²) in [4.78, 5) is 15.0. The zero-order valence-corrected chi connectivity index (χ0v) is 9.24. The van der Waals surface area contributed by atoms with Crippen molar-refractivity contribution in [3.05, 3.63) is 24.3 Å². The van der Waals surface area contributed by atoms with Crippen LogP contribution in [0.5, 0.6) is 0 Å². The van der Waals surface area contributed by atoms with Crippen molar-refractivity contribution in [1.82, 2.24) is 4.98 Å². The normalized spacial score (nSPS) is 12.2. The van der Waals surface area contributed by atoms with Gasteiger partial charge in [-0.25, -0.2) is 4.98 Å². The lowest BCUT2D eigenvalue weighted by atomic mass is 10.0. The third-order valence-corrected chi connectivity index (χ3v) is 2.40. The first-order chi connectivity index (χ1) is 7.65. The number of carbonyl (C=O) groups is 1. The molecule has 0 aliphatic rings. The number of pyridine rings is 1. The molecule has 1 aromatic rings. The fraction of sp³-hybridized carbons (Fsp3) is 0.455. The lowest BCUT2D eigenvalue weighted by molar-refractivity contribution is -0.117. The van der Waals surface area contributed by atoms with Gasteiger partial charge in [-0.15, -0.1) is 0 Å². The maximum Gasteiger partial charge on any atom is 0.224 e. The third-order valence-electron chi connectivity index (χ3n) is 2.40. The molecule has 0 saturated heterocycles. The number of anilines is 1. The average molecular weight is 225 g/mol. The minimum atomic E-state index is -0.564. The highest BCUT2D eigenvalue weighted by Crippen LogP contribution is 2.10. The van der Waals surface area contributed by atoms with E-state index in [-0.39, 0.29) is 11.8 Å². The van der Waals surface area contributed by atoms with E-state index < -0.39 is 5.95 Å². The molecule has 1 unspecified atom stereocenters. The molecule has 88 valence electrons. The second-order valence-corrected chi connectivity index (χ2v) is 3.63. The van der Waals surface area contributed by atoms with Crippen molar-refractivity contribution in [2.45, 2.75) is 19.8 Å². The Hall–Kier alpha value is -1.49. The molecule has 0 saturated carbocycles. The van der Waals surface area contributed by atoms with Crippen LogP contribution in [0.25, 0.3) is 0 Å². The number of halogens is 1. The molecule has 1 heterocycles. The quantitative estimate of drug-likeness (QED) is 0.747. The van der Waals surface area contributed by atoms with Crippen LogP contribution in [-0.4, -0.2) is 17.4 Å². The summed E-state index contributed by atoms with van der Waals surface area (Å²) < 4.78 is 12.5. The van der Waals surface area contributed by atoms with Crippen LogP contribution >= 0.6 is 0 Å². The Morgan fingerprint density at radius 3 is 2.88 bits per heavy atom. The fourth-order valence-electron chi connectivity index (χ4n) is 1.32. The molecule has 1 atom stereocenters. The first-order valence-electron chi connectivity index (χ1n) is 5.27. The van der Waals surface area contributed by atoms with Crippen molar-refractivity contribution < 1.29 is 9.18 Å². The molecule has 0 spiro atoms. The standard InChI is InChI=1S/C11H16FN3O/c1-2-8(6-13)5-11(16)15-9-3-4-10(12)14-7-9/h3-4,7-8H,2,5-6,13H2,1H3,(H,15,16). The van der Waals surface area contributed by atoms with Gasteiger partial charge in [0.05, 0.1) is 11.9 Å². The van der Waals surface area contributed by atoms with Crippen LogP contribution < -0.4 is 11.1 Å². The molecule has 4 nitrogen and oxygen atoms in total. The summed E-state index contributed by atoms with van der Waals surface area (Å²) in [6.07, 6.45) is 2.53. The molecule has 16 heavy (non-hydrogen) atoms. The first kappa shape index (κ1) is 12.6. The van der Waals surface area contributed by atoms with Gasteiger partial charge in [-0.3, -0.25) is 4.79 Å². The van der Waals surface area contributed by atoms with Crippen LogP contribution in [0.15, 0.2) is 18.3 Å². The van der Waals surface area contributed by atoms with Gasteiger partial charge in [0, 0.05) is 6.42 Å². The topological polar surface area (TPSA) is 68.0 Å². The van der Waals surface area contributed by atoms with E-state index in [1.807, 2.05) is 6.92 Å². The molecule has 1 aromatic heterocycles. The molecule has 0 radical (unpaired) electrons. The van der Waals surface area contributed by atoms with E-state index >= 15 is 0 Å². The van der Waals surface area contributed by atoms with Crippen molar-refractivity contribution in [2.24, 2.45) is 11.7 Å². The van der Waals surface area contributed by atoms with Gasteiger partial charge in [0.1, 0.15) is 0 Å². The molecule has 0 fully saturated rings. The van der Waals surface area contributed by atoms with E-state index in [2.05, 4.69) is 10.3 Å². The molecular formula is C11H16FN3O. The maximum atomic E-state index is 12.5. The fourth-order valence-corrected chi connectivity index (χ4v) is 1.32. The molecule has 0 aliphatic heterocycles. The highest BCUT2D eigenvalue weighted by atomic mass is 19.1. The van der Waals surface area contributed by atoms with Gasteiger partial charge in [0.2, 0.25) is 11.9 Å². The van der Waals surface area contributed by atoms with E-state index in [0.717, 1.165) is 6.42 Å². The van der Waals surface area contributed by atoms with Gasteiger partial charge >= 0.3 is 0 Å². The molecule has 0 aromatic carbocycles. The molecular weight excluding hydrogens is 209 g/mol. The zero-order chi connectivity index (χ0) is 12.0. The van der Waals surface area contributed by atoms with Crippen molar-refractivity contribution in [2.75, 3.05) is 11.9 Å². The van der Waals surface area contributed by atoms with Gasteiger partial charge in [-0.05, 0) is 24.6 Å². The van der Waals surface area contributed by atoms with Crippen LogP contribution in [0.3, 0.4) is 0 Å². The summed E-state index contributed by atoms with van der Waals surface area (Å²) in [5.74, 6) is -0.495. The van der Waals surface area contributed by atoms with Crippen molar-refractivity contribution in [3.63, 3.8) is 0 Å². The lowest BCUT2D eigenvalue weighted by Crippen LogP contribution is -2.21. The van der Waals surface area contributed by atoms with Gasteiger partial charge < -0.3 is 11.1 Å². The van der Waals surface area contributed by atoms with Crippen LogP contribution in [-0.2, 0) is 4.79 Å². The Morgan fingerprint density at radius 2 is 2.38 bits per heavy atom. The van der Waals surface area contributed by atoms with Crippen LogP contribution in [0.1, 0.15) is 19.8 Å². The van der Waals surface area contributed by atoms with E-state index in [9.17, 15) is 9.18 Å². The predicted octanol–water partition coefficient (Wildman–Crippen LogP) is 1.53. The van der Waals surface area contributed by atoms with Crippen LogP contribution in [0.2, 0.25) is 0 Å². The van der Waals surface area contributed by atoms with Crippen molar-refractivity contribution in [3.8, 4) is 0 Å². The predicted molar refractivity (Wildman–Crippen MR) is 60.3 cm³/mol. The number of hydrogen-bond acceptors (Lipinski definition) is 3. The number of nitrogens with one attached hydrogen (secondary N) is 1. The Kier molecular flexibility index (Phi) is 4.85. The Bertz CT molecular complexity index is 336. The summed E-state index contributed by atoms with van der Waals surface area (Å²) in [6, 6.07) is 2.68. The van der Waals surface area contributed by atoms with Crippen molar-refractivity contribution >= 4 is 11.6 Å². The number of aromatic nitrogens is 1. The summed E-state index contributed by atoms with van der Waals surface area (Å²) in [7, 11) is 0. The smallest absolute Gasteiger partial charge is 0.224 e. The molecule has 3 N–H and O–H groups in total. The Balaban J connectivity index is 2.48.